The first-order valence-corrected chi connectivity index (χ1v) is 7.30. The summed E-state index contributed by atoms with van der Waals surface area (Å²) in [6.45, 7) is 4.04. The molecule has 1 aliphatic rings. The van der Waals surface area contributed by atoms with Crippen LogP contribution in [0.1, 0.15) is 41.9 Å². The minimum atomic E-state index is -0.739. The van der Waals surface area contributed by atoms with Gasteiger partial charge in [0.25, 0.3) is 0 Å². The van der Waals surface area contributed by atoms with Gasteiger partial charge in [-0.2, -0.15) is 0 Å². The number of halogens is 1. The number of methoxy groups -OCH3 is 1. The predicted molar refractivity (Wildman–Crippen MR) is 77.9 cm³/mol. The summed E-state index contributed by atoms with van der Waals surface area (Å²) < 4.78 is 6.57. The molecule has 3 nitrogen and oxygen atoms in total. The van der Waals surface area contributed by atoms with E-state index < -0.39 is 5.97 Å². The Bertz CT molecular complexity index is 507. The van der Waals surface area contributed by atoms with Crippen LogP contribution in [0.15, 0.2) is 10.5 Å². The standard InChI is InChI=1S/C15H19BrO3/c1-8-6-12(15(19-3)9(2)14(8)16)11(7-13(17)18)10-4-5-10/h6,10-11H,4-5,7H2,1-3H3,(H,17,18). The van der Waals surface area contributed by atoms with Crippen molar-refractivity contribution in [1.82, 2.24) is 0 Å². The summed E-state index contributed by atoms with van der Waals surface area (Å²) in [6.07, 6.45) is 2.42. The van der Waals surface area contributed by atoms with Crippen molar-refractivity contribution in [3.8, 4) is 5.75 Å². The van der Waals surface area contributed by atoms with Crippen molar-refractivity contribution in [2.45, 2.75) is 39.0 Å². The number of hydrogen-bond donors (Lipinski definition) is 1. The Morgan fingerprint density at radius 1 is 1.53 bits per heavy atom. The van der Waals surface area contributed by atoms with Crippen molar-refractivity contribution in [1.29, 1.82) is 0 Å². The molecule has 1 saturated carbocycles. The third kappa shape index (κ3) is 2.94. The van der Waals surface area contributed by atoms with Gasteiger partial charge in [-0.3, -0.25) is 4.79 Å². The van der Waals surface area contributed by atoms with Crippen LogP contribution < -0.4 is 4.74 Å². The molecular formula is C15H19BrO3. The molecule has 0 amide bonds. The van der Waals surface area contributed by atoms with Gasteiger partial charge in [0.2, 0.25) is 0 Å². The van der Waals surface area contributed by atoms with E-state index >= 15 is 0 Å². The highest BCUT2D eigenvalue weighted by molar-refractivity contribution is 9.10. The van der Waals surface area contributed by atoms with E-state index in [1.165, 1.54) is 0 Å². The SMILES string of the molecule is COc1c(C(CC(=O)O)C2CC2)cc(C)c(Br)c1C. The lowest BCUT2D eigenvalue weighted by Gasteiger charge is -2.21. The van der Waals surface area contributed by atoms with E-state index in [1.807, 2.05) is 13.8 Å². The minimum Gasteiger partial charge on any atom is -0.496 e. The monoisotopic (exact) mass is 326 g/mol. The summed E-state index contributed by atoms with van der Waals surface area (Å²) in [5.41, 5.74) is 3.23. The van der Waals surface area contributed by atoms with Gasteiger partial charge in [0.15, 0.2) is 0 Å². The van der Waals surface area contributed by atoms with Gasteiger partial charge in [-0.05, 0) is 43.7 Å². The third-order valence-corrected chi connectivity index (χ3v) is 5.06. The highest BCUT2D eigenvalue weighted by atomic mass is 79.9. The molecule has 1 aromatic carbocycles. The molecule has 1 unspecified atom stereocenters. The molecule has 0 radical (unpaired) electrons. The first kappa shape index (κ1) is 14.4. The number of carboxylic acid groups (broad SMARTS) is 1. The van der Waals surface area contributed by atoms with Crippen molar-refractivity contribution in [2.75, 3.05) is 7.11 Å². The molecule has 0 heterocycles. The number of carboxylic acids is 1. The van der Waals surface area contributed by atoms with Crippen LogP contribution >= 0.6 is 15.9 Å². The van der Waals surface area contributed by atoms with Crippen LogP contribution in [0.4, 0.5) is 0 Å². The molecule has 0 aromatic heterocycles. The lowest BCUT2D eigenvalue weighted by Crippen LogP contribution is -2.11. The Balaban J connectivity index is 2.49. The topological polar surface area (TPSA) is 46.5 Å². The van der Waals surface area contributed by atoms with E-state index in [9.17, 15) is 4.79 Å². The van der Waals surface area contributed by atoms with Crippen LogP contribution in [-0.4, -0.2) is 18.2 Å². The highest BCUT2D eigenvalue weighted by Gasteiger charge is 2.36. The summed E-state index contributed by atoms with van der Waals surface area (Å²) in [7, 11) is 1.65. The zero-order valence-electron chi connectivity index (χ0n) is 11.5. The molecule has 2 rings (SSSR count). The minimum absolute atomic E-state index is 0.0675. The largest absolute Gasteiger partial charge is 0.496 e. The molecule has 1 fully saturated rings. The van der Waals surface area contributed by atoms with Crippen molar-refractivity contribution >= 4 is 21.9 Å². The van der Waals surface area contributed by atoms with Gasteiger partial charge in [-0.25, -0.2) is 0 Å². The second-order valence-electron chi connectivity index (χ2n) is 5.30. The quantitative estimate of drug-likeness (QED) is 0.888. The fourth-order valence-corrected chi connectivity index (χ4v) is 3.03. The first-order valence-electron chi connectivity index (χ1n) is 6.51. The number of hydrogen-bond acceptors (Lipinski definition) is 2. The number of aliphatic carboxylic acids is 1. The number of ether oxygens (including phenoxy) is 1. The van der Waals surface area contributed by atoms with Gasteiger partial charge in [-0.15, -0.1) is 0 Å². The van der Waals surface area contributed by atoms with Crippen LogP contribution in [0.2, 0.25) is 0 Å². The summed E-state index contributed by atoms with van der Waals surface area (Å²) in [5, 5.41) is 9.13. The average Bonchev–Trinajstić information content (AvgIpc) is 3.17. The Labute approximate surface area is 122 Å². The molecule has 0 aliphatic heterocycles. The number of carbonyl (C=O) groups is 1. The van der Waals surface area contributed by atoms with Gasteiger partial charge < -0.3 is 9.84 Å². The maximum Gasteiger partial charge on any atom is 0.303 e. The van der Waals surface area contributed by atoms with Crippen molar-refractivity contribution in [2.24, 2.45) is 5.92 Å². The van der Waals surface area contributed by atoms with Crippen LogP contribution in [0, 0.1) is 19.8 Å². The molecule has 0 spiro atoms. The Morgan fingerprint density at radius 2 is 2.16 bits per heavy atom. The van der Waals surface area contributed by atoms with Gasteiger partial charge in [0, 0.05) is 16.0 Å². The summed E-state index contributed by atoms with van der Waals surface area (Å²) in [4.78, 5) is 11.1. The van der Waals surface area contributed by atoms with E-state index in [1.54, 1.807) is 7.11 Å². The van der Waals surface area contributed by atoms with E-state index in [-0.39, 0.29) is 12.3 Å². The van der Waals surface area contributed by atoms with Crippen LogP contribution in [0.5, 0.6) is 5.75 Å². The van der Waals surface area contributed by atoms with Crippen molar-refractivity contribution < 1.29 is 14.6 Å². The number of aryl methyl sites for hydroxylation is 1. The maximum absolute atomic E-state index is 11.1. The van der Waals surface area contributed by atoms with E-state index in [2.05, 4.69) is 22.0 Å². The molecule has 1 aliphatic carbocycles. The van der Waals surface area contributed by atoms with Crippen molar-refractivity contribution in [3.05, 3.63) is 27.2 Å². The molecule has 1 N–H and O–H groups in total. The number of benzene rings is 1. The first-order chi connectivity index (χ1) is 8.95. The molecule has 0 saturated heterocycles. The van der Waals surface area contributed by atoms with Gasteiger partial charge in [0.1, 0.15) is 5.75 Å². The van der Waals surface area contributed by atoms with Gasteiger partial charge in [-0.1, -0.05) is 22.0 Å². The van der Waals surface area contributed by atoms with Crippen LogP contribution in [0.3, 0.4) is 0 Å². The van der Waals surface area contributed by atoms with Crippen LogP contribution in [-0.2, 0) is 4.79 Å². The smallest absolute Gasteiger partial charge is 0.303 e. The molecular weight excluding hydrogens is 308 g/mol. The predicted octanol–water partition coefficient (Wildman–Crippen LogP) is 4.04. The Morgan fingerprint density at radius 3 is 2.63 bits per heavy atom. The molecule has 1 aromatic rings. The zero-order valence-corrected chi connectivity index (χ0v) is 13.1. The summed E-state index contributed by atoms with van der Waals surface area (Å²) in [5.74, 6) is 0.649. The molecule has 1 atom stereocenters. The second-order valence-corrected chi connectivity index (χ2v) is 6.09. The lowest BCUT2D eigenvalue weighted by molar-refractivity contribution is -0.137. The van der Waals surface area contributed by atoms with E-state index in [4.69, 9.17) is 9.84 Å². The van der Waals surface area contributed by atoms with Crippen molar-refractivity contribution in [3.63, 3.8) is 0 Å². The zero-order chi connectivity index (χ0) is 14.2. The molecule has 104 valence electrons. The summed E-state index contributed by atoms with van der Waals surface area (Å²) >= 11 is 3.56. The Kier molecular flexibility index (Phi) is 4.19. The second kappa shape index (κ2) is 5.53. The average molecular weight is 327 g/mol. The van der Waals surface area contributed by atoms with Gasteiger partial charge in [0.05, 0.1) is 13.5 Å². The highest BCUT2D eigenvalue weighted by Crippen LogP contribution is 2.48. The summed E-state index contributed by atoms with van der Waals surface area (Å²) in [6, 6.07) is 2.07. The Hall–Kier alpha value is -1.03. The molecule has 0 bridgehead atoms. The number of rotatable bonds is 5. The third-order valence-electron chi connectivity index (χ3n) is 3.84. The van der Waals surface area contributed by atoms with Crippen LogP contribution in [0.25, 0.3) is 0 Å². The fourth-order valence-electron chi connectivity index (χ4n) is 2.74. The van der Waals surface area contributed by atoms with E-state index in [0.717, 1.165) is 39.8 Å². The lowest BCUT2D eigenvalue weighted by atomic mass is 9.88. The normalized spacial score (nSPS) is 16.2. The molecule has 19 heavy (non-hydrogen) atoms. The molecule has 4 heteroatoms. The van der Waals surface area contributed by atoms with Gasteiger partial charge >= 0.3 is 5.97 Å². The fraction of sp³-hybridized carbons (Fsp3) is 0.533. The van der Waals surface area contributed by atoms with E-state index in [0.29, 0.717) is 5.92 Å². The maximum atomic E-state index is 11.1.